The van der Waals surface area contributed by atoms with Crippen LogP contribution in [0.5, 0.6) is 0 Å². The van der Waals surface area contributed by atoms with Crippen LogP contribution in [0.2, 0.25) is 0 Å². The largest absolute Gasteiger partial charge is 0.478 e. The summed E-state index contributed by atoms with van der Waals surface area (Å²) in [5.74, 6) is -1.65. The molecule has 0 saturated heterocycles. The third-order valence-electron chi connectivity index (χ3n) is 2.41. The van der Waals surface area contributed by atoms with E-state index in [-0.39, 0.29) is 11.1 Å². The molecule has 0 amide bonds. The van der Waals surface area contributed by atoms with Crippen LogP contribution in [0.15, 0.2) is 0 Å². The maximum atomic E-state index is 11.5. The van der Waals surface area contributed by atoms with E-state index in [0.29, 0.717) is 17.0 Å². The lowest BCUT2D eigenvalue weighted by molar-refractivity contribution is 0.0598. The van der Waals surface area contributed by atoms with E-state index in [1.165, 1.54) is 7.11 Å². The third kappa shape index (κ3) is 1.88. The van der Waals surface area contributed by atoms with Gasteiger partial charge in [-0.05, 0) is 26.3 Å². The molecule has 0 fully saturated rings. The molecule has 0 radical (unpaired) electrons. The van der Waals surface area contributed by atoms with Crippen molar-refractivity contribution in [1.82, 2.24) is 4.98 Å². The Labute approximate surface area is 93.1 Å². The smallest absolute Gasteiger partial charge is 0.340 e. The van der Waals surface area contributed by atoms with Crippen LogP contribution in [-0.2, 0) is 4.74 Å². The molecule has 5 nitrogen and oxygen atoms in total. The summed E-state index contributed by atoms with van der Waals surface area (Å²) in [7, 11) is 1.25. The molecule has 0 aliphatic heterocycles. The number of nitrogens with zero attached hydrogens (tertiary/aromatic N) is 1. The first kappa shape index (κ1) is 12.2. The number of aromatic carboxylic acids is 1. The lowest BCUT2D eigenvalue weighted by Crippen LogP contribution is -2.14. The predicted molar refractivity (Wildman–Crippen MR) is 56.7 cm³/mol. The Balaban J connectivity index is 3.57. The average Bonchev–Trinajstić information content (AvgIpc) is 2.15. The molecule has 1 aromatic rings. The van der Waals surface area contributed by atoms with Crippen LogP contribution < -0.4 is 0 Å². The first-order valence-corrected chi connectivity index (χ1v) is 4.69. The van der Waals surface area contributed by atoms with E-state index in [1.54, 1.807) is 20.8 Å². The molecular formula is C11H13NO4. The van der Waals surface area contributed by atoms with Gasteiger partial charge >= 0.3 is 11.9 Å². The molecule has 0 bridgehead atoms. The van der Waals surface area contributed by atoms with Crippen LogP contribution in [0.1, 0.15) is 37.7 Å². The highest BCUT2D eigenvalue weighted by Crippen LogP contribution is 2.20. The van der Waals surface area contributed by atoms with Crippen molar-refractivity contribution in [2.45, 2.75) is 20.8 Å². The van der Waals surface area contributed by atoms with E-state index < -0.39 is 11.9 Å². The third-order valence-corrected chi connectivity index (χ3v) is 2.41. The Bertz CT molecular complexity index is 466. The number of rotatable bonds is 2. The highest BCUT2D eigenvalue weighted by atomic mass is 16.5. The summed E-state index contributed by atoms with van der Waals surface area (Å²) in [5, 5.41) is 9.02. The number of pyridine rings is 1. The van der Waals surface area contributed by atoms with Crippen LogP contribution in [0.4, 0.5) is 0 Å². The number of carbonyl (C=O) groups excluding carboxylic acids is 1. The molecule has 1 aromatic heterocycles. The van der Waals surface area contributed by atoms with Gasteiger partial charge in [0.1, 0.15) is 0 Å². The molecule has 5 heteroatoms. The number of hydrogen-bond acceptors (Lipinski definition) is 4. The summed E-state index contributed by atoms with van der Waals surface area (Å²) >= 11 is 0. The second kappa shape index (κ2) is 4.30. The SMILES string of the molecule is COC(=O)c1c(C)nc(C)c(C(=O)O)c1C. The monoisotopic (exact) mass is 223 g/mol. The molecular weight excluding hydrogens is 210 g/mol. The van der Waals surface area contributed by atoms with Crippen molar-refractivity contribution < 1.29 is 19.4 Å². The van der Waals surface area contributed by atoms with Crippen molar-refractivity contribution in [3.05, 3.63) is 28.1 Å². The lowest BCUT2D eigenvalue weighted by atomic mass is 10.00. The molecule has 0 aromatic carbocycles. The van der Waals surface area contributed by atoms with Gasteiger partial charge in [-0.15, -0.1) is 0 Å². The normalized spacial score (nSPS) is 10.0. The molecule has 1 heterocycles. The van der Waals surface area contributed by atoms with Gasteiger partial charge in [-0.2, -0.15) is 0 Å². The minimum absolute atomic E-state index is 0.0611. The Hall–Kier alpha value is -1.91. The maximum Gasteiger partial charge on any atom is 0.340 e. The zero-order chi connectivity index (χ0) is 12.5. The van der Waals surface area contributed by atoms with E-state index in [1.807, 2.05) is 0 Å². The van der Waals surface area contributed by atoms with E-state index in [4.69, 9.17) is 5.11 Å². The number of carboxylic acids is 1. The average molecular weight is 223 g/mol. The number of methoxy groups -OCH3 is 1. The predicted octanol–water partition coefficient (Wildman–Crippen LogP) is 1.49. The number of carboxylic acid groups (broad SMARTS) is 1. The fourth-order valence-corrected chi connectivity index (χ4v) is 1.75. The van der Waals surface area contributed by atoms with Gasteiger partial charge in [0.25, 0.3) is 0 Å². The molecule has 1 N–H and O–H groups in total. The number of aromatic nitrogens is 1. The highest BCUT2D eigenvalue weighted by Gasteiger charge is 2.22. The van der Waals surface area contributed by atoms with Gasteiger partial charge in [-0.1, -0.05) is 0 Å². The number of hydrogen-bond donors (Lipinski definition) is 1. The molecule has 0 saturated carbocycles. The van der Waals surface area contributed by atoms with Crippen molar-refractivity contribution in [3.63, 3.8) is 0 Å². The zero-order valence-corrected chi connectivity index (χ0v) is 9.62. The first-order valence-electron chi connectivity index (χ1n) is 4.69. The summed E-state index contributed by atoms with van der Waals surface area (Å²) in [5.41, 5.74) is 1.56. The minimum atomic E-state index is -1.09. The first-order chi connectivity index (χ1) is 7.40. The summed E-state index contributed by atoms with van der Waals surface area (Å²) in [6.45, 7) is 4.83. The Morgan fingerprint density at radius 1 is 1.12 bits per heavy atom. The van der Waals surface area contributed by atoms with Gasteiger partial charge in [0, 0.05) is 0 Å². The van der Waals surface area contributed by atoms with Crippen molar-refractivity contribution in [1.29, 1.82) is 0 Å². The van der Waals surface area contributed by atoms with Crippen LogP contribution in [-0.4, -0.2) is 29.1 Å². The summed E-state index contributed by atoms with van der Waals surface area (Å²) < 4.78 is 4.60. The van der Waals surface area contributed by atoms with E-state index in [2.05, 4.69) is 9.72 Å². The van der Waals surface area contributed by atoms with Gasteiger partial charge in [0.15, 0.2) is 0 Å². The van der Waals surface area contributed by atoms with Crippen molar-refractivity contribution in [2.24, 2.45) is 0 Å². The van der Waals surface area contributed by atoms with Crippen LogP contribution in [0.3, 0.4) is 0 Å². The molecule has 0 aliphatic carbocycles. The molecule has 16 heavy (non-hydrogen) atoms. The van der Waals surface area contributed by atoms with Gasteiger partial charge < -0.3 is 9.84 Å². The summed E-state index contributed by atoms with van der Waals surface area (Å²) in [6, 6.07) is 0. The highest BCUT2D eigenvalue weighted by molar-refractivity contribution is 5.98. The summed E-state index contributed by atoms with van der Waals surface area (Å²) in [6.07, 6.45) is 0. The van der Waals surface area contributed by atoms with Crippen LogP contribution in [0.25, 0.3) is 0 Å². The van der Waals surface area contributed by atoms with Gasteiger partial charge in [0.05, 0.1) is 29.6 Å². The lowest BCUT2D eigenvalue weighted by Gasteiger charge is -2.11. The number of aryl methyl sites for hydroxylation is 2. The van der Waals surface area contributed by atoms with Crippen molar-refractivity contribution in [2.75, 3.05) is 7.11 Å². The molecule has 0 spiro atoms. The van der Waals surface area contributed by atoms with Gasteiger partial charge in [0.2, 0.25) is 0 Å². The number of esters is 1. The molecule has 86 valence electrons. The molecule has 0 aliphatic rings. The standard InChI is InChI=1S/C11H13NO4/c1-5-8(10(13)14)6(2)12-7(3)9(5)11(15)16-4/h1-4H3,(H,13,14). The van der Waals surface area contributed by atoms with Crippen molar-refractivity contribution in [3.8, 4) is 0 Å². The van der Waals surface area contributed by atoms with Crippen molar-refractivity contribution >= 4 is 11.9 Å². The molecule has 1 rings (SSSR count). The maximum absolute atomic E-state index is 11.5. The summed E-state index contributed by atoms with van der Waals surface area (Å²) in [4.78, 5) is 26.6. The van der Waals surface area contributed by atoms with Crippen LogP contribution >= 0.6 is 0 Å². The van der Waals surface area contributed by atoms with E-state index in [0.717, 1.165) is 0 Å². The number of ether oxygens (including phenoxy) is 1. The fourth-order valence-electron chi connectivity index (χ4n) is 1.75. The van der Waals surface area contributed by atoms with Gasteiger partial charge in [-0.25, -0.2) is 9.59 Å². The quantitative estimate of drug-likeness (QED) is 0.768. The van der Waals surface area contributed by atoms with Gasteiger partial charge in [-0.3, -0.25) is 4.98 Å². The zero-order valence-electron chi connectivity index (χ0n) is 9.62. The molecule has 0 unspecified atom stereocenters. The van der Waals surface area contributed by atoms with E-state index >= 15 is 0 Å². The topological polar surface area (TPSA) is 76.5 Å². The van der Waals surface area contributed by atoms with Crippen LogP contribution in [0, 0.1) is 20.8 Å². The molecule has 0 atom stereocenters. The Morgan fingerprint density at radius 3 is 2.06 bits per heavy atom. The number of carbonyl (C=O) groups is 2. The fraction of sp³-hybridized carbons (Fsp3) is 0.364. The second-order valence-electron chi connectivity index (χ2n) is 3.45. The second-order valence-corrected chi connectivity index (χ2v) is 3.45. The minimum Gasteiger partial charge on any atom is -0.478 e. The Kier molecular flexibility index (Phi) is 3.27. The van der Waals surface area contributed by atoms with E-state index in [9.17, 15) is 9.59 Å². The Morgan fingerprint density at radius 2 is 1.62 bits per heavy atom.